The van der Waals surface area contributed by atoms with Crippen molar-refractivity contribution >= 4 is 21.9 Å². The summed E-state index contributed by atoms with van der Waals surface area (Å²) >= 11 is 3.40. The average Bonchev–Trinajstić information content (AvgIpc) is 2.39. The molecule has 0 unspecified atom stereocenters. The van der Waals surface area contributed by atoms with E-state index in [1.165, 1.54) is 6.20 Å². The molecule has 0 spiro atoms. The number of halogens is 2. The third-order valence-corrected chi connectivity index (χ3v) is 3.10. The predicted molar refractivity (Wildman–Crippen MR) is 73.9 cm³/mol. The number of aromatic nitrogens is 2. The van der Waals surface area contributed by atoms with E-state index in [9.17, 15) is 4.39 Å². The van der Waals surface area contributed by atoms with Crippen molar-refractivity contribution < 1.29 is 4.39 Å². The lowest BCUT2D eigenvalue weighted by atomic mass is 10.1. The molecule has 18 heavy (non-hydrogen) atoms. The minimum Gasteiger partial charge on any atom is -0.354 e. The monoisotopic (exact) mass is 309 g/mol. The van der Waals surface area contributed by atoms with Crippen LogP contribution >= 0.6 is 15.9 Å². The van der Waals surface area contributed by atoms with Crippen molar-refractivity contribution in [3.8, 4) is 11.3 Å². The van der Waals surface area contributed by atoms with Crippen molar-refractivity contribution in [2.75, 3.05) is 11.9 Å². The van der Waals surface area contributed by atoms with Gasteiger partial charge in [0, 0.05) is 16.6 Å². The highest BCUT2D eigenvalue weighted by Gasteiger charge is 2.11. The van der Waals surface area contributed by atoms with Crippen LogP contribution in [0.3, 0.4) is 0 Å². The van der Waals surface area contributed by atoms with Crippen LogP contribution in [-0.4, -0.2) is 16.5 Å². The molecule has 1 N–H and O–H groups in total. The van der Waals surface area contributed by atoms with Crippen molar-refractivity contribution in [2.45, 2.75) is 13.3 Å². The fourth-order valence-electron chi connectivity index (χ4n) is 1.53. The third kappa shape index (κ3) is 2.85. The zero-order valence-corrected chi connectivity index (χ0v) is 11.5. The maximum atomic E-state index is 13.8. The lowest BCUT2D eigenvalue weighted by Gasteiger charge is -2.08. The lowest BCUT2D eigenvalue weighted by molar-refractivity contribution is 0.618. The first-order valence-corrected chi connectivity index (χ1v) is 6.53. The third-order valence-electron chi connectivity index (χ3n) is 2.41. The smallest absolute Gasteiger partial charge is 0.223 e. The molecular formula is C13H13BrFN3. The Kier molecular flexibility index (Phi) is 4.25. The van der Waals surface area contributed by atoms with Crippen LogP contribution in [0.5, 0.6) is 0 Å². The van der Waals surface area contributed by atoms with E-state index < -0.39 is 5.82 Å². The standard InChI is InChI=1S/C13H13BrFN3/c1-2-7-16-13-17-8-11(15)12(18-13)9-5-3-4-6-10(9)14/h3-6,8H,2,7H2,1H3,(H,16,17,18). The van der Waals surface area contributed by atoms with Gasteiger partial charge in [-0.1, -0.05) is 41.1 Å². The topological polar surface area (TPSA) is 37.8 Å². The summed E-state index contributed by atoms with van der Waals surface area (Å²) in [7, 11) is 0. The van der Waals surface area contributed by atoms with Gasteiger partial charge in [-0.2, -0.15) is 0 Å². The van der Waals surface area contributed by atoms with Gasteiger partial charge in [-0.05, 0) is 12.5 Å². The predicted octanol–water partition coefficient (Wildman–Crippen LogP) is 3.87. The number of hydrogen-bond acceptors (Lipinski definition) is 3. The van der Waals surface area contributed by atoms with Crippen molar-refractivity contribution in [3.05, 3.63) is 40.8 Å². The molecule has 0 aliphatic rings. The summed E-state index contributed by atoms with van der Waals surface area (Å²) in [6, 6.07) is 7.40. The van der Waals surface area contributed by atoms with Gasteiger partial charge < -0.3 is 5.32 Å². The summed E-state index contributed by atoms with van der Waals surface area (Å²) in [6.45, 7) is 2.81. The van der Waals surface area contributed by atoms with E-state index >= 15 is 0 Å². The van der Waals surface area contributed by atoms with Crippen LogP contribution in [0.25, 0.3) is 11.3 Å². The minimum atomic E-state index is -0.427. The Morgan fingerprint density at radius 2 is 2.11 bits per heavy atom. The molecule has 0 saturated carbocycles. The molecule has 1 aromatic heterocycles. The zero-order valence-electron chi connectivity index (χ0n) is 9.95. The van der Waals surface area contributed by atoms with Gasteiger partial charge in [-0.15, -0.1) is 0 Å². The van der Waals surface area contributed by atoms with Crippen LogP contribution in [0.4, 0.5) is 10.3 Å². The Morgan fingerprint density at radius 1 is 1.33 bits per heavy atom. The Morgan fingerprint density at radius 3 is 2.83 bits per heavy atom. The van der Waals surface area contributed by atoms with Crippen LogP contribution < -0.4 is 5.32 Å². The number of nitrogens with one attached hydrogen (secondary N) is 1. The highest BCUT2D eigenvalue weighted by molar-refractivity contribution is 9.10. The summed E-state index contributed by atoms with van der Waals surface area (Å²) in [4.78, 5) is 8.13. The van der Waals surface area contributed by atoms with Crippen LogP contribution in [0.15, 0.2) is 34.9 Å². The molecule has 0 aliphatic heterocycles. The molecule has 1 heterocycles. The number of benzene rings is 1. The zero-order chi connectivity index (χ0) is 13.0. The van der Waals surface area contributed by atoms with Crippen LogP contribution in [0.1, 0.15) is 13.3 Å². The second-order valence-corrected chi connectivity index (χ2v) is 4.65. The summed E-state index contributed by atoms with van der Waals surface area (Å²) in [6.07, 6.45) is 2.16. The number of hydrogen-bond donors (Lipinski definition) is 1. The summed E-state index contributed by atoms with van der Waals surface area (Å²) < 4.78 is 14.6. The van der Waals surface area contributed by atoms with E-state index in [0.29, 0.717) is 11.6 Å². The van der Waals surface area contributed by atoms with E-state index in [-0.39, 0.29) is 0 Å². The molecule has 2 rings (SSSR count). The van der Waals surface area contributed by atoms with Gasteiger partial charge in [0.25, 0.3) is 0 Å². The molecule has 94 valence electrons. The first kappa shape index (κ1) is 13.0. The van der Waals surface area contributed by atoms with Gasteiger partial charge in [-0.25, -0.2) is 14.4 Å². The number of anilines is 1. The average molecular weight is 310 g/mol. The van der Waals surface area contributed by atoms with Crippen molar-refractivity contribution in [3.63, 3.8) is 0 Å². The normalized spacial score (nSPS) is 10.4. The van der Waals surface area contributed by atoms with Gasteiger partial charge in [-0.3, -0.25) is 0 Å². The molecule has 0 amide bonds. The molecule has 0 fully saturated rings. The SMILES string of the molecule is CCCNc1ncc(F)c(-c2ccccc2Br)n1. The quantitative estimate of drug-likeness (QED) is 0.931. The van der Waals surface area contributed by atoms with Gasteiger partial charge >= 0.3 is 0 Å². The molecule has 0 saturated heterocycles. The Bertz CT molecular complexity index is 546. The molecule has 0 bridgehead atoms. The van der Waals surface area contributed by atoms with E-state index in [0.717, 1.165) is 23.0 Å². The van der Waals surface area contributed by atoms with Crippen LogP contribution in [0, 0.1) is 5.82 Å². The van der Waals surface area contributed by atoms with E-state index in [2.05, 4.69) is 31.2 Å². The van der Waals surface area contributed by atoms with E-state index in [4.69, 9.17) is 0 Å². The summed E-state index contributed by atoms with van der Waals surface area (Å²) in [5.41, 5.74) is 1.02. The second-order valence-electron chi connectivity index (χ2n) is 3.80. The van der Waals surface area contributed by atoms with Crippen molar-refractivity contribution in [1.82, 2.24) is 9.97 Å². The fourth-order valence-corrected chi connectivity index (χ4v) is 2.00. The van der Waals surface area contributed by atoms with Gasteiger partial charge in [0.1, 0.15) is 5.69 Å². The summed E-state index contributed by atoms with van der Waals surface area (Å²) in [5, 5.41) is 3.05. The van der Waals surface area contributed by atoms with Crippen molar-refractivity contribution in [1.29, 1.82) is 0 Å². The van der Waals surface area contributed by atoms with Gasteiger partial charge in [0.15, 0.2) is 5.82 Å². The molecule has 1 aromatic carbocycles. The van der Waals surface area contributed by atoms with Crippen molar-refractivity contribution in [2.24, 2.45) is 0 Å². The lowest BCUT2D eigenvalue weighted by Crippen LogP contribution is -2.05. The Hall–Kier alpha value is -1.49. The largest absolute Gasteiger partial charge is 0.354 e. The Labute approximate surface area is 114 Å². The highest BCUT2D eigenvalue weighted by Crippen LogP contribution is 2.28. The first-order valence-electron chi connectivity index (χ1n) is 5.73. The Balaban J connectivity index is 2.40. The number of rotatable bonds is 4. The van der Waals surface area contributed by atoms with E-state index in [1.807, 2.05) is 31.2 Å². The van der Waals surface area contributed by atoms with Gasteiger partial charge in [0.05, 0.1) is 6.20 Å². The van der Waals surface area contributed by atoms with E-state index in [1.54, 1.807) is 0 Å². The molecular weight excluding hydrogens is 297 g/mol. The second kappa shape index (κ2) is 5.91. The van der Waals surface area contributed by atoms with Crippen LogP contribution in [0.2, 0.25) is 0 Å². The number of nitrogens with zero attached hydrogens (tertiary/aromatic N) is 2. The fraction of sp³-hybridized carbons (Fsp3) is 0.231. The molecule has 5 heteroatoms. The molecule has 0 atom stereocenters. The van der Waals surface area contributed by atoms with Gasteiger partial charge in [0.2, 0.25) is 5.95 Å². The summed E-state index contributed by atoms with van der Waals surface area (Å²) in [5.74, 6) is 0.0213. The first-order chi connectivity index (χ1) is 8.72. The molecule has 3 nitrogen and oxygen atoms in total. The molecule has 2 aromatic rings. The maximum absolute atomic E-state index is 13.8. The maximum Gasteiger partial charge on any atom is 0.223 e. The minimum absolute atomic E-state index is 0.302. The van der Waals surface area contributed by atoms with Crippen LogP contribution in [-0.2, 0) is 0 Å². The highest BCUT2D eigenvalue weighted by atomic mass is 79.9. The molecule has 0 radical (unpaired) electrons. The molecule has 0 aliphatic carbocycles.